The Morgan fingerprint density at radius 3 is 2.74 bits per heavy atom. The van der Waals surface area contributed by atoms with E-state index in [4.69, 9.17) is 4.74 Å². The lowest BCUT2D eigenvalue weighted by molar-refractivity contribution is -0.130. The number of ether oxygens (including phenoxy) is 1. The second kappa shape index (κ2) is 14.5. The van der Waals surface area contributed by atoms with Gasteiger partial charge in [-0.3, -0.25) is 19.2 Å². The largest absolute Gasteiger partial charge is 0.493 e. The highest BCUT2D eigenvalue weighted by atomic mass is 32.1. The van der Waals surface area contributed by atoms with Crippen LogP contribution in [0.1, 0.15) is 60.6 Å². The highest BCUT2D eigenvalue weighted by Crippen LogP contribution is 2.19. The van der Waals surface area contributed by atoms with Gasteiger partial charge in [-0.15, -0.1) is 11.3 Å². The van der Waals surface area contributed by atoms with Crippen molar-refractivity contribution in [3.05, 3.63) is 45.9 Å². The fourth-order valence-electron chi connectivity index (χ4n) is 4.01. The summed E-state index contributed by atoms with van der Waals surface area (Å²) in [5.74, 6) is -1.20. The van der Waals surface area contributed by atoms with Crippen LogP contribution in [0.15, 0.2) is 29.6 Å². The molecule has 0 radical (unpaired) electrons. The van der Waals surface area contributed by atoms with Gasteiger partial charge in [0.05, 0.1) is 17.2 Å². The van der Waals surface area contributed by atoms with Gasteiger partial charge in [0.25, 0.3) is 5.91 Å². The fourth-order valence-corrected chi connectivity index (χ4v) is 4.83. The average molecular weight is 544 g/mol. The van der Waals surface area contributed by atoms with Gasteiger partial charge in [0.15, 0.2) is 0 Å². The first-order chi connectivity index (χ1) is 18.2. The number of nitrogens with one attached hydrogen (secondary N) is 4. The van der Waals surface area contributed by atoms with Crippen LogP contribution in [0, 0.1) is 12.8 Å². The molecule has 2 heterocycles. The smallest absolute Gasteiger partial charge is 0.255 e. The van der Waals surface area contributed by atoms with E-state index in [2.05, 4.69) is 26.3 Å². The lowest BCUT2D eigenvalue weighted by Crippen LogP contribution is -2.51. The quantitative estimate of drug-likeness (QED) is 0.412. The number of para-hydroxylation sites is 1. The third-order valence-electron chi connectivity index (χ3n) is 6.09. The molecule has 0 saturated carbocycles. The Morgan fingerprint density at radius 2 is 2.00 bits per heavy atom. The topological polar surface area (TPSA) is 139 Å². The van der Waals surface area contributed by atoms with E-state index in [9.17, 15) is 19.2 Å². The Morgan fingerprint density at radius 1 is 1.21 bits per heavy atom. The van der Waals surface area contributed by atoms with E-state index in [1.807, 2.05) is 26.2 Å². The summed E-state index contributed by atoms with van der Waals surface area (Å²) in [5, 5.41) is 14.3. The molecule has 1 aromatic carbocycles. The van der Waals surface area contributed by atoms with Gasteiger partial charge in [0.2, 0.25) is 17.7 Å². The van der Waals surface area contributed by atoms with Crippen molar-refractivity contribution in [2.75, 3.05) is 19.7 Å². The third-order valence-corrected chi connectivity index (χ3v) is 7.12. The van der Waals surface area contributed by atoms with Crippen molar-refractivity contribution in [1.82, 2.24) is 26.3 Å². The average Bonchev–Trinajstić information content (AvgIpc) is 3.31. The monoisotopic (exact) mass is 543 g/mol. The molecule has 206 valence electrons. The van der Waals surface area contributed by atoms with Gasteiger partial charge < -0.3 is 26.0 Å². The molecular weight excluding hydrogens is 506 g/mol. The van der Waals surface area contributed by atoms with Crippen LogP contribution < -0.4 is 26.0 Å². The van der Waals surface area contributed by atoms with Crippen LogP contribution in [0.2, 0.25) is 0 Å². The van der Waals surface area contributed by atoms with Crippen molar-refractivity contribution in [2.24, 2.45) is 5.92 Å². The van der Waals surface area contributed by atoms with E-state index in [1.165, 1.54) is 0 Å². The normalized spacial score (nSPS) is 19.5. The number of carbonyl (C=O) groups excluding carboxylic acids is 4. The predicted molar refractivity (Wildman–Crippen MR) is 145 cm³/mol. The number of rotatable bonds is 6. The maximum atomic E-state index is 13.2. The van der Waals surface area contributed by atoms with Crippen LogP contribution in [0.4, 0.5) is 0 Å². The summed E-state index contributed by atoms with van der Waals surface area (Å²) in [4.78, 5) is 56.1. The molecule has 1 aliphatic heterocycles. The highest BCUT2D eigenvalue weighted by molar-refractivity contribution is 7.09. The van der Waals surface area contributed by atoms with Crippen LogP contribution in [0.25, 0.3) is 0 Å². The number of thiazole rings is 1. The molecule has 2 aromatic rings. The summed E-state index contributed by atoms with van der Waals surface area (Å²) in [6.07, 6.45) is 1.99. The second-order valence-electron chi connectivity index (χ2n) is 9.62. The molecule has 11 heteroatoms. The minimum Gasteiger partial charge on any atom is -0.493 e. The molecule has 1 aliphatic rings. The summed E-state index contributed by atoms with van der Waals surface area (Å²) in [7, 11) is 0. The van der Waals surface area contributed by atoms with Crippen LogP contribution in [0.5, 0.6) is 5.75 Å². The van der Waals surface area contributed by atoms with Crippen LogP contribution >= 0.6 is 11.3 Å². The standard InChI is InChI=1S/C27H37N5O5S/c1-17(2)24-27(36)29-14-7-15-37-21-9-5-4-8-19(21)25(34)31-20(11-12-22(33)32-24)26(35)28-13-6-10-23-30-18(3)16-38-23/h4-5,8-9,16-17,20,24H,6-7,10-15H2,1-3H3,(H,28,35)(H,29,36)(H,31,34)(H,32,33)/t20-,24+/m0/s1. The number of hydrogen-bond donors (Lipinski definition) is 4. The number of carbonyl (C=O) groups is 4. The summed E-state index contributed by atoms with van der Waals surface area (Å²) >= 11 is 1.59. The first-order valence-electron chi connectivity index (χ1n) is 13.0. The number of nitrogens with zero attached hydrogens (tertiary/aromatic N) is 1. The molecule has 1 aromatic heterocycles. The molecule has 0 spiro atoms. The fraction of sp³-hybridized carbons (Fsp3) is 0.519. The minimum atomic E-state index is -0.942. The molecule has 2 atom stereocenters. The summed E-state index contributed by atoms with van der Waals surface area (Å²) in [6, 6.07) is 5.15. The van der Waals surface area contributed by atoms with Crippen molar-refractivity contribution in [3.8, 4) is 5.75 Å². The lowest BCUT2D eigenvalue weighted by Gasteiger charge is -2.23. The van der Waals surface area contributed by atoms with E-state index >= 15 is 0 Å². The molecule has 0 unspecified atom stereocenters. The number of hydrogen-bond acceptors (Lipinski definition) is 7. The maximum Gasteiger partial charge on any atom is 0.255 e. The third kappa shape index (κ3) is 8.83. The molecule has 3 rings (SSSR count). The van der Waals surface area contributed by atoms with Crippen molar-refractivity contribution >= 4 is 35.0 Å². The summed E-state index contributed by atoms with van der Waals surface area (Å²) in [6.45, 7) is 6.71. The first kappa shape index (κ1) is 29.1. The van der Waals surface area contributed by atoms with Crippen LogP contribution in [-0.4, -0.2) is 60.4 Å². The van der Waals surface area contributed by atoms with Gasteiger partial charge in [0, 0.05) is 37.0 Å². The maximum absolute atomic E-state index is 13.2. The number of aryl methyl sites for hydroxylation is 2. The van der Waals surface area contributed by atoms with Crippen molar-refractivity contribution in [1.29, 1.82) is 0 Å². The Bertz CT molecular complexity index is 1120. The van der Waals surface area contributed by atoms with E-state index < -0.39 is 18.0 Å². The van der Waals surface area contributed by atoms with Crippen LogP contribution in [0.3, 0.4) is 0 Å². The second-order valence-corrected chi connectivity index (χ2v) is 10.6. The Hall–Kier alpha value is -3.47. The van der Waals surface area contributed by atoms with Crippen molar-refractivity contribution in [2.45, 2.75) is 65.0 Å². The van der Waals surface area contributed by atoms with E-state index in [1.54, 1.807) is 35.6 Å². The molecular formula is C27H37N5O5S. The van der Waals surface area contributed by atoms with Gasteiger partial charge in [-0.1, -0.05) is 26.0 Å². The van der Waals surface area contributed by atoms with E-state index in [-0.39, 0.29) is 43.1 Å². The summed E-state index contributed by atoms with van der Waals surface area (Å²) in [5.41, 5.74) is 1.27. The van der Waals surface area contributed by atoms with Crippen molar-refractivity contribution in [3.63, 3.8) is 0 Å². The highest BCUT2D eigenvalue weighted by Gasteiger charge is 2.27. The van der Waals surface area contributed by atoms with Gasteiger partial charge in [-0.2, -0.15) is 0 Å². The Balaban J connectivity index is 1.72. The molecule has 4 amide bonds. The van der Waals surface area contributed by atoms with Gasteiger partial charge in [-0.05, 0) is 44.2 Å². The summed E-state index contributed by atoms with van der Waals surface area (Å²) < 4.78 is 5.82. The molecule has 10 nitrogen and oxygen atoms in total. The molecule has 0 aliphatic carbocycles. The number of aromatic nitrogens is 1. The van der Waals surface area contributed by atoms with Crippen molar-refractivity contribution < 1.29 is 23.9 Å². The van der Waals surface area contributed by atoms with Gasteiger partial charge >= 0.3 is 0 Å². The molecule has 0 saturated heterocycles. The molecule has 0 bridgehead atoms. The lowest BCUT2D eigenvalue weighted by atomic mass is 10.0. The minimum absolute atomic E-state index is 0.0363. The Kier molecular flexibility index (Phi) is 11.1. The molecule has 38 heavy (non-hydrogen) atoms. The van der Waals surface area contributed by atoms with Gasteiger partial charge in [-0.25, -0.2) is 4.98 Å². The zero-order chi connectivity index (χ0) is 27.5. The first-order valence-corrected chi connectivity index (χ1v) is 13.9. The number of amides is 4. The Labute approximate surface area is 227 Å². The van der Waals surface area contributed by atoms with Crippen LogP contribution in [-0.2, 0) is 20.8 Å². The predicted octanol–water partition coefficient (Wildman–Crippen LogP) is 2.12. The zero-order valence-corrected chi connectivity index (χ0v) is 23.0. The zero-order valence-electron chi connectivity index (χ0n) is 22.2. The molecule has 4 N–H and O–H groups in total. The SMILES string of the molecule is Cc1csc(CCCNC(=O)[C@@H]2CCC(=O)N[C@H](C(C)C)C(=O)NCCCOc3ccccc3C(=O)N2)n1. The van der Waals surface area contributed by atoms with E-state index in [0.717, 1.165) is 17.1 Å². The number of benzene rings is 1. The molecule has 0 fully saturated rings. The number of fused-ring (bicyclic) bond motifs is 1. The van der Waals surface area contributed by atoms with Gasteiger partial charge in [0.1, 0.15) is 17.8 Å². The van der Waals surface area contributed by atoms with E-state index in [0.29, 0.717) is 37.2 Å².